The molecule has 3 fully saturated rings. The fourth-order valence-electron chi connectivity index (χ4n) is 4.84. The van der Waals surface area contributed by atoms with E-state index in [-0.39, 0.29) is 23.5 Å². The van der Waals surface area contributed by atoms with Crippen molar-refractivity contribution in [2.24, 2.45) is 11.3 Å². The Morgan fingerprint density at radius 2 is 1.81 bits per heavy atom. The first-order valence-electron chi connectivity index (χ1n) is 10.2. The summed E-state index contributed by atoms with van der Waals surface area (Å²) in [5, 5.41) is 3.12. The van der Waals surface area contributed by atoms with Crippen LogP contribution in [0, 0.1) is 11.3 Å². The largest absolute Gasteiger partial charge is 0.450 e. The molecule has 2 aliphatic heterocycles. The Kier molecular flexibility index (Phi) is 5.52. The van der Waals surface area contributed by atoms with Crippen LogP contribution in [0.1, 0.15) is 59.8 Å². The summed E-state index contributed by atoms with van der Waals surface area (Å²) < 4.78 is 5.14. The number of hydrogen-bond donors (Lipinski definition) is 1. The summed E-state index contributed by atoms with van der Waals surface area (Å²) in [6.45, 7) is 12.1. The van der Waals surface area contributed by atoms with Crippen LogP contribution in [0.3, 0.4) is 0 Å². The number of likely N-dealkylation sites (tertiary alicyclic amines) is 2. The number of piperidine rings is 1. The lowest BCUT2D eigenvalue weighted by Gasteiger charge is -2.51. The van der Waals surface area contributed by atoms with Gasteiger partial charge < -0.3 is 19.9 Å². The van der Waals surface area contributed by atoms with E-state index in [1.807, 2.05) is 32.6 Å². The normalized spacial score (nSPS) is 30.3. The van der Waals surface area contributed by atoms with Crippen molar-refractivity contribution in [1.82, 2.24) is 15.1 Å². The fraction of sp³-hybridized carbons (Fsp3) is 0.900. The standard InChI is InChI=1S/C20H35N3O3/c1-5-26-18(25)23-11-8-20(14-23)12-16(13-20)22-9-6-15(7-10-22)17(24)21-19(2,3)4/h15-16H,5-14H2,1-4H3,(H,21,24). The van der Waals surface area contributed by atoms with Crippen molar-refractivity contribution in [3.8, 4) is 0 Å². The molecule has 6 heteroatoms. The molecule has 3 rings (SSSR count). The molecule has 0 unspecified atom stereocenters. The topological polar surface area (TPSA) is 61.9 Å². The van der Waals surface area contributed by atoms with Crippen molar-refractivity contribution < 1.29 is 14.3 Å². The lowest BCUT2D eigenvalue weighted by atomic mass is 9.64. The smallest absolute Gasteiger partial charge is 0.409 e. The second-order valence-electron chi connectivity index (χ2n) is 9.48. The Morgan fingerprint density at radius 3 is 2.38 bits per heavy atom. The lowest BCUT2D eigenvalue weighted by molar-refractivity contribution is -0.128. The highest BCUT2D eigenvalue weighted by Gasteiger charge is 2.51. The van der Waals surface area contributed by atoms with Crippen molar-refractivity contribution >= 4 is 12.0 Å². The molecule has 1 N–H and O–H groups in total. The van der Waals surface area contributed by atoms with Crippen LogP contribution in [-0.4, -0.2) is 66.2 Å². The maximum Gasteiger partial charge on any atom is 0.409 e. The van der Waals surface area contributed by atoms with Gasteiger partial charge in [0.15, 0.2) is 0 Å². The minimum Gasteiger partial charge on any atom is -0.450 e. The van der Waals surface area contributed by atoms with E-state index in [1.54, 1.807) is 0 Å². The molecule has 2 amide bonds. The van der Waals surface area contributed by atoms with Crippen molar-refractivity contribution in [2.75, 3.05) is 32.8 Å². The number of ether oxygens (including phenoxy) is 1. The quantitative estimate of drug-likeness (QED) is 0.835. The summed E-state index contributed by atoms with van der Waals surface area (Å²) in [6, 6.07) is 0.628. The van der Waals surface area contributed by atoms with Gasteiger partial charge in [0.05, 0.1) is 6.61 Å². The average molecular weight is 366 g/mol. The number of carbonyl (C=O) groups excluding carboxylic acids is 2. The second kappa shape index (κ2) is 7.37. The van der Waals surface area contributed by atoms with Crippen LogP contribution in [0.25, 0.3) is 0 Å². The molecule has 0 aromatic rings. The van der Waals surface area contributed by atoms with Crippen molar-refractivity contribution in [3.63, 3.8) is 0 Å². The van der Waals surface area contributed by atoms with Crippen LogP contribution in [0.15, 0.2) is 0 Å². The van der Waals surface area contributed by atoms with Gasteiger partial charge in [0, 0.05) is 30.6 Å². The van der Waals surface area contributed by atoms with Crippen LogP contribution in [-0.2, 0) is 9.53 Å². The molecule has 26 heavy (non-hydrogen) atoms. The zero-order valence-corrected chi connectivity index (χ0v) is 16.8. The Bertz CT molecular complexity index is 529. The third-order valence-electron chi connectivity index (χ3n) is 6.22. The van der Waals surface area contributed by atoms with Crippen molar-refractivity contribution in [1.29, 1.82) is 0 Å². The molecular weight excluding hydrogens is 330 g/mol. The second-order valence-corrected chi connectivity index (χ2v) is 9.48. The van der Waals surface area contributed by atoms with Gasteiger partial charge in [0.2, 0.25) is 5.91 Å². The number of amides is 2. The summed E-state index contributed by atoms with van der Waals surface area (Å²) in [5.41, 5.74) is 0.166. The van der Waals surface area contributed by atoms with E-state index < -0.39 is 0 Å². The van der Waals surface area contributed by atoms with Gasteiger partial charge in [-0.2, -0.15) is 0 Å². The molecular formula is C20H35N3O3. The van der Waals surface area contributed by atoms with E-state index in [2.05, 4.69) is 10.2 Å². The number of hydrogen-bond acceptors (Lipinski definition) is 4. The van der Waals surface area contributed by atoms with E-state index >= 15 is 0 Å². The van der Waals surface area contributed by atoms with E-state index in [4.69, 9.17) is 4.74 Å². The van der Waals surface area contributed by atoms with E-state index in [0.717, 1.165) is 45.4 Å². The first-order valence-corrected chi connectivity index (χ1v) is 10.2. The van der Waals surface area contributed by atoms with Crippen LogP contribution >= 0.6 is 0 Å². The lowest BCUT2D eigenvalue weighted by Crippen LogP contribution is -2.55. The van der Waals surface area contributed by atoms with Gasteiger partial charge in [0.25, 0.3) is 0 Å². The summed E-state index contributed by atoms with van der Waals surface area (Å²) in [7, 11) is 0. The summed E-state index contributed by atoms with van der Waals surface area (Å²) >= 11 is 0. The fourth-order valence-corrected chi connectivity index (χ4v) is 4.84. The molecule has 1 aliphatic carbocycles. The van der Waals surface area contributed by atoms with Crippen LogP contribution in [0.5, 0.6) is 0 Å². The van der Waals surface area contributed by atoms with Crippen molar-refractivity contribution in [2.45, 2.75) is 71.4 Å². The number of rotatable bonds is 3. The molecule has 1 saturated carbocycles. The zero-order chi connectivity index (χ0) is 18.9. The number of carbonyl (C=O) groups is 2. The van der Waals surface area contributed by atoms with E-state index in [1.165, 1.54) is 12.8 Å². The molecule has 0 aromatic heterocycles. The Labute approximate surface area is 157 Å². The monoisotopic (exact) mass is 365 g/mol. The van der Waals surface area contributed by atoms with E-state index in [0.29, 0.717) is 18.1 Å². The van der Waals surface area contributed by atoms with Crippen LogP contribution in [0.2, 0.25) is 0 Å². The minimum absolute atomic E-state index is 0.151. The van der Waals surface area contributed by atoms with Gasteiger partial charge in [-0.15, -0.1) is 0 Å². The maximum atomic E-state index is 12.4. The molecule has 3 aliphatic rings. The van der Waals surface area contributed by atoms with Gasteiger partial charge in [-0.1, -0.05) is 0 Å². The van der Waals surface area contributed by atoms with Crippen molar-refractivity contribution in [3.05, 3.63) is 0 Å². The molecule has 148 valence electrons. The predicted octanol–water partition coefficient (Wildman–Crippen LogP) is 2.62. The first kappa shape index (κ1) is 19.5. The molecule has 0 bridgehead atoms. The summed E-state index contributed by atoms with van der Waals surface area (Å²) in [4.78, 5) is 28.7. The zero-order valence-electron chi connectivity index (χ0n) is 16.8. The molecule has 2 heterocycles. The Balaban J connectivity index is 1.41. The Hall–Kier alpha value is -1.30. The van der Waals surface area contributed by atoms with Crippen LogP contribution in [0.4, 0.5) is 4.79 Å². The maximum absolute atomic E-state index is 12.4. The molecule has 0 aromatic carbocycles. The summed E-state index contributed by atoms with van der Waals surface area (Å²) in [6.07, 6.45) is 5.23. The SMILES string of the molecule is CCOC(=O)N1CCC2(CC(N3CCC(C(=O)NC(C)(C)C)CC3)C2)C1. The minimum atomic E-state index is -0.154. The third kappa shape index (κ3) is 4.33. The third-order valence-corrected chi connectivity index (χ3v) is 6.22. The van der Waals surface area contributed by atoms with Gasteiger partial charge in [0.1, 0.15) is 0 Å². The molecule has 1 spiro atoms. The van der Waals surface area contributed by atoms with Gasteiger partial charge in [-0.25, -0.2) is 4.79 Å². The van der Waals surface area contributed by atoms with E-state index in [9.17, 15) is 9.59 Å². The predicted molar refractivity (Wildman–Crippen MR) is 101 cm³/mol. The molecule has 0 atom stereocenters. The Morgan fingerprint density at radius 1 is 1.15 bits per heavy atom. The van der Waals surface area contributed by atoms with Gasteiger partial charge >= 0.3 is 6.09 Å². The molecule has 6 nitrogen and oxygen atoms in total. The number of nitrogens with zero attached hydrogens (tertiary/aromatic N) is 2. The average Bonchev–Trinajstić information content (AvgIpc) is 2.98. The van der Waals surface area contributed by atoms with Gasteiger partial charge in [-0.05, 0) is 78.3 Å². The number of nitrogens with one attached hydrogen (secondary N) is 1. The summed E-state index contributed by atoms with van der Waals surface area (Å²) in [5.74, 6) is 0.369. The highest BCUT2D eigenvalue weighted by atomic mass is 16.6. The van der Waals surface area contributed by atoms with Gasteiger partial charge in [-0.3, -0.25) is 4.79 Å². The van der Waals surface area contributed by atoms with Crippen LogP contribution < -0.4 is 5.32 Å². The highest BCUT2D eigenvalue weighted by Crippen LogP contribution is 2.50. The molecule has 0 radical (unpaired) electrons. The highest BCUT2D eigenvalue weighted by molar-refractivity contribution is 5.79. The molecule has 2 saturated heterocycles. The first-order chi connectivity index (χ1) is 12.2.